The molecule has 0 amide bonds. The topological polar surface area (TPSA) is 70.9 Å². The number of nitrogens with one attached hydrogen (secondary N) is 1. The van der Waals surface area contributed by atoms with Crippen LogP contribution in [-0.2, 0) is 4.79 Å². The van der Waals surface area contributed by atoms with E-state index >= 15 is 0 Å². The number of hydrogen-bond acceptors (Lipinski definition) is 5. The fraction of sp³-hybridized carbons (Fsp3) is 0.500. The van der Waals surface area contributed by atoms with E-state index in [9.17, 15) is 9.90 Å². The zero-order chi connectivity index (χ0) is 17.4. The molecule has 0 spiro atoms. The minimum atomic E-state index is -0.0190. The quantitative estimate of drug-likeness (QED) is 0.886. The summed E-state index contributed by atoms with van der Waals surface area (Å²) in [5.41, 5.74) is 1.47. The molecule has 0 radical (unpaired) electrons. The van der Waals surface area contributed by atoms with Crippen molar-refractivity contribution in [2.45, 2.75) is 56.5 Å². The smallest absolute Gasteiger partial charge is 0.170 e. The number of benzene rings is 1. The molecule has 1 fully saturated rings. The van der Waals surface area contributed by atoms with Gasteiger partial charge in [0.15, 0.2) is 5.78 Å². The number of carbonyl (C=O) groups is 1. The average Bonchev–Trinajstić information content (AvgIpc) is 3.04. The van der Waals surface area contributed by atoms with E-state index in [-0.39, 0.29) is 23.5 Å². The van der Waals surface area contributed by atoms with Gasteiger partial charge < -0.3 is 15.2 Å². The number of aliphatic imine (C=N–C) groups is 1. The number of ketones is 1. The summed E-state index contributed by atoms with van der Waals surface area (Å²) in [6, 6.07) is 8.31. The van der Waals surface area contributed by atoms with Gasteiger partial charge in [-0.3, -0.25) is 9.79 Å². The van der Waals surface area contributed by atoms with Crippen molar-refractivity contribution in [2.75, 3.05) is 7.11 Å². The minimum Gasteiger partial charge on any atom is -0.511 e. The predicted octanol–water partition coefficient (Wildman–Crippen LogP) is 3.27. The molecule has 25 heavy (non-hydrogen) atoms. The number of allylic oxidation sites excluding steroid dienone is 1. The second-order valence-electron chi connectivity index (χ2n) is 7.20. The van der Waals surface area contributed by atoms with Gasteiger partial charge in [-0.25, -0.2) is 0 Å². The summed E-state index contributed by atoms with van der Waals surface area (Å²) in [6.45, 7) is 0. The maximum Gasteiger partial charge on any atom is 0.170 e. The first-order valence-electron chi connectivity index (χ1n) is 9.09. The van der Waals surface area contributed by atoms with Crippen molar-refractivity contribution in [3.63, 3.8) is 0 Å². The number of Topliss-reactive ketones (excluding diaryl/α,β-unsaturated/α-hetero) is 1. The second-order valence-corrected chi connectivity index (χ2v) is 7.20. The van der Waals surface area contributed by atoms with Gasteiger partial charge in [0.05, 0.1) is 18.7 Å². The first-order valence-corrected chi connectivity index (χ1v) is 9.09. The standard InChI is InChI=1S/C20H24N2O3/c1-25-14-8-6-12(7-9-14)13-10-17(23)19(18(24)11-13)20-21-15-4-2-3-5-16(15)22-20/h6-9,13,15-16,23H,2-5,10-11H2,1H3,(H,21,22)/t13?,15-,16-/m1/s1. The van der Waals surface area contributed by atoms with Gasteiger partial charge in [-0.2, -0.15) is 0 Å². The lowest BCUT2D eigenvalue weighted by Gasteiger charge is -2.25. The SMILES string of the molecule is COc1ccc(C2CC(=O)C(C3=N[C@@H]4CCCC[C@H]4N3)=C(O)C2)cc1. The van der Waals surface area contributed by atoms with E-state index in [4.69, 9.17) is 9.73 Å². The van der Waals surface area contributed by atoms with Gasteiger partial charge in [0, 0.05) is 18.9 Å². The highest BCUT2D eigenvalue weighted by molar-refractivity contribution is 6.23. The fourth-order valence-corrected chi connectivity index (χ4v) is 4.22. The lowest BCUT2D eigenvalue weighted by molar-refractivity contribution is -0.116. The number of hydrogen-bond donors (Lipinski definition) is 2. The molecule has 1 heterocycles. The third-order valence-electron chi connectivity index (χ3n) is 5.61. The maximum atomic E-state index is 12.7. The van der Waals surface area contributed by atoms with Crippen molar-refractivity contribution >= 4 is 11.6 Å². The van der Waals surface area contributed by atoms with Crippen molar-refractivity contribution in [3.05, 3.63) is 41.2 Å². The summed E-state index contributed by atoms with van der Waals surface area (Å²) in [7, 11) is 1.63. The summed E-state index contributed by atoms with van der Waals surface area (Å²) in [4.78, 5) is 17.4. The van der Waals surface area contributed by atoms with Crippen LogP contribution >= 0.6 is 0 Å². The van der Waals surface area contributed by atoms with Crippen LogP contribution in [-0.4, -0.2) is 35.9 Å². The summed E-state index contributed by atoms with van der Waals surface area (Å²) in [5, 5.41) is 14.0. The van der Waals surface area contributed by atoms with E-state index < -0.39 is 0 Å². The van der Waals surface area contributed by atoms with Crippen LogP contribution < -0.4 is 10.1 Å². The molecular formula is C20H24N2O3. The monoisotopic (exact) mass is 340 g/mol. The van der Waals surface area contributed by atoms with Gasteiger partial charge in [0.1, 0.15) is 17.3 Å². The Balaban J connectivity index is 1.55. The lowest BCUT2D eigenvalue weighted by atomic mass is 9.82. The summed E-state index contributed by atoms with van der Waals surface area (Å²) >= 11 is 0. The van der Waals surface area contributed by atoms with Gasteiger partial charge in [-0.05, 0) is 36.5 Å². The predicted molar refractivity (Wildman–Crippen MR) is 96.2 cm³/mol. The lowest BCUT2D eigenvalue weighted by Crippen LogP contribution is -2.39. The van der Waals surface area contributed by atoms with E-state index in [0.717, 1.165) is 24.2 Å². The van der Waals surface area contributed by atoms with E-state index in [1.165, 1.54) is 12.8 Å². The number of methoxy groups -OCH3 is 1. The van der Waals surface area contributed by atoms with Crippen LogP contribution in [0.2, 0.25) is 0 Å². The third-order valence-corrected chi connectivity index (χ3v) is 5.61. The van der Waals surface area contributed by atoms with Crippen LogP contribution in [0.15, 0.2) is 40.6 Å². The van der Waals surface area contributed by atoms with E-state index in [0.29, 0.717) is 30.3 Å². The van der Waals surface area contributed by atoms with Crippen molar-refractivity contribution < 1.29 is 14.6 Å². The normalized spacial score (nSPS) is 29.1. The van der Waals surface area contributed by atoms with Crippen molar-refractivity contribution in [1.29, 1.82) is 0 Å². The Kier molecular flexibility index (Phi) is 4.24. The molecule has 2 N–H and O–H groups in total. The van der Waals surface area contributed by atoms with Gasteiger partial charge in [0.25, 0.3) is 0 Å². The number of carbonyl (C=O) groups excluding carboxylic acids is 1. The number of rotatable bonds is 3. The second kappa shape index (κ2) is 6.54. The molecule has 1 unspecified atom stereocenters. The molecule has 1 saturated carbocycles. The van der Waals surface area contributed by atoms with Crippen LogP contribution in [0.5, 0.6) is 5.75 Å². The molecule has 4 rings (SSSR count). The first-order chi connectivity index (χ1) is 12.2. The fourth-order valence-electron chi connectivity index (χ4n) is 4.22. The number of nitrogens with zero attached hydrogens (tertiary/aromatic N) is 1. The number of aliphatic hydroxyl groups excluding tert-OH is 1. The van der Waals surface area contributed by atoms with Crippen LogP contribution in [0.25, 0.3) is 0 Å². The molecule has 5 nitrogen and oxygen atoms in total. The van der Waals surface area contributed by atoms with Crippen LogP contribution in [0, 0.1) is 0 Å². The van der Waals surface area contributed by atoms with E-state index in [1.54, 1.807) is 7.11 Å². The van der Waals surface area contributed by atoms with Crippen LogP contribution in [0.4, 0.5) is 0 Å². The molecule has 1 aromatic rings. The molecule has 1 aliphatic heterocycles. The summed E-state index contributed by atoms with van der Waals surface area (Å²) < 4.78 is 5.18. The Hall–Kier alpha value is -2.30. The average molecular weight is 340 g/mol. The Morgan fingerprint density at radius 3 is 2.60 bits per heavy atom. The molecule has 1 aromatic carbocycles. The highest BCUT2D eigenvalue weighted by Gasteiger charge is 2.37. The largest absolute Gasteiger partial charge is 0.511 e. The number of fused-ring (bicyclic) bond motifs is 1. The third kappa shape index (κ3) is 3.03. The molecule has 0 aromatic heterocycles. The molecule has 3 aliphatic rings. The van der Waals surface area contributed by atoms with E-state index in [1.807, 2.05) is 24.3 Å². The summed E-state index contributed by atoms with van der Waals surface area (Å²) in [5.74, 6) is 1.56. The maximum absolute atomic E-state index is 12.7. The van der Waals surface area contributed by atoms with Crippen molar-refractivity contribution in [2.24, 2.45) is 4.99 Å². The molecule has 2 aliphatic carbocycles. The van der Waals surface area contributed by atoms with Gasteiger partial charge in [-0.15, -0.1) is 0 Å². The molecule has 3 atom stereocenters. The zero-order valence-corrected chi connectivity index (χ0v) is 14.5. The number of aliphatic hydroxyl groups is 1. The van der Waals surface area contributed by atoms with Crippen molar-refractivity contribution in [1.82, 2.24) is 5.32 Å². The zero-order valence-electron chi connectivity index (χ0n) is 14.5. The minimum absolute atomic E-state index is 0.00596. The van der Waals surface area contributed by atoms with Gasteiger partial charge in [-0.1, -0.05) is 25.0 Å². The Labute approximate surface area is 147 Å². The number of ether oxygens (including phenoxy) is 1. The van der Waals surface area contributed by atoms with Gasteiger partial charge in [0.2, 0.25) is 0 Å². The molecule has 0 bridgehead atoms. The Morgan fingerprint density at radius 1 is 1.16 bits per heavy atom. The highest BCUT2D eigenvalue weighted by atomic mass is 16.5. The van der Waals surface area contributed by atoms with Crippen LogP contribution in [0.3, 0.4) is 0 Å². The Bertz CT molecular complexity index is 736. The number of amidine groups is 1. The van der Waals surface area contributed by atoms with Gasteiger partial charge >= 0.3 is 0 Å². The van der Waals surface area contributed by atoms with Crippen LogP contribution in [0.1, 0.15) is 50.0 Å². The first kappa shape index (κ1) is 16.2. The highest BCUT2D eigenvalue weighted by Crippen LogP contribution is 2.36. The molecule has 132 valence electrons. The molecule has 0 saturated heterocycles. The summed E-state index contributed by atoms with van der Waals surface area (Å²) in [6.07, 6.45) is 5.44. The van der Waals surface area contributed by atoms with Crippen molar-refractivity contribution in [3.8, 4) is 5.75 Å². The molecule has 5 heteroatoms. The van der Waals surface area contributed by atoms with E-state index in [2.05, 4.69) is 5.32 Å². The Morgan fingerprint density at radius 2 is 1.92 bits per heavy atom. The molecular weight excluding hydrogens is 316 g/mol.